The van der Waals surface area contributed by atoms with Crippen molar-refractivity contribution >= 4 is 0 Å². The largest absolute Gasteiger partial charge is 0.492 e. The van der Waals surface area contributed by atoms with Crippen molar-refractivity contribution in [3.8, 4) is 11.8 Å². The van der Waals surface area contributed by atoms with Gasteiger partial charge in [-0.3, -0.25) is 0 Å². The predicted octanol–water partition coefficient (Wildman–Crippen LogP) is 3.30. The van der Waals surface area contributed by atoms with E-state index in [4.69, 9.17) is 15.7 Å². The van der Waals surface area contributed by atoms with Crippen molar-refractivity contribution in [2.24, 2.45) is 5.73 Å². The highest BCUT2D eigenvalue weighted by molar-refractivity contribution is 5.41. The molecule has 0 amide bonds. The maximum atomic E-state index is 8.90. The lowest BCUT2D eigenvalue weighted by Gasteiger charge is -2.28. The quantitative estimate of drug-likeness (QED) is 0.846. The number of nitriles is 1. The Hall–Kier alpha value is -1.53. The molecule has 0 saturated heterocycles. The molecule has 3 heteroatoms. The van der Waals surface area contributed by atoms with E-state index >= 15 is 0 Å². The van der Waals surface area contributed by atoms with Gasteiger partial charge in [0.15, 0.2) is 0 Å². The molecule has 1 aromatic rings. The number of rotatable bonds is 3. The van der Waals surface area contributed by atoms with E-state index in [1.54, 1.807) is 6.07 Å². The van der Waals surface area contributed by atoms with Gasteiger partial charge in [0, 0.05) is 0 Å². The summed E-state index contributed by atoms with van der Waals surface area (Å²) in [5.41, 5.74) is 7.89. The second-order valence-electron chi connectivity index (χ2n) is 5.65. The molecule has 0 aliphatic heterocycles. The lowest BCUT2D eigenvalue weighted by molar-refractivity contribution is 0.199. The van der Waals surface area contributed by atoms with Crippen LogP contribution in [-0.2, 0) is 0 Å². The Kier molecular flexibility index (Phi) is 4.44. The second-order valence-corrected chi connectivity index (χ2v) is 5.65. The molecule has 1 fully saturated rings. The Morgan fingerprint density at radius 1 is 1.26 bits per heavy atom. The lowest BCUT2D eigenvalue weighted by Crippen LogP contribution is -2.45. The highest BCUT2D eigenvalue weighted by atomic mass is 16.5. The van der Waals surface area contributed by atoms with Crippen LogP contribution in [0.4, 0.5) is 0 Å². The summed E-state index contributed by atoms with van der Waals surface area (Å²) in [7, 11) is 0. The third kappa shape index (κ3) is 3.71. The molecular formula is C16H22N2O. The van der Waals surface area contributed by atoms with Gasteiger partial charge < -0.3 is 10.5 Å². The average Bonchev–Trinajstić information content (AvgIpc) is 2.62. The predicted molar refractivity (Wildman–Crippen MR) is 76.0 cm³/mol. The zero-order valence-corrected chi connectivity index (χ0v) is 11.6. The normalized spacial score (nSPS) is 18.4. The van der Waals surface area contributed by atoms with Crippen LogP contribution in [0.2, 0.25) is 0 Å². The number of nitrogens with zero attached hydrogens (tertiary/aromatic N) is 1. The maximum absolute atomic E-state index is 8.90. The summed E-state index contributed by atoms with van der Waals surface area (Å²) in [6.45, 7) is 2.49. The monoisotopic (exact) mass is 258 g/mol. The van der Waals surface area contributed by atoms with Crippen molar-refractivity contribution in [3.63, 3.8) is 0 Å². The fourth-order valence-electron chi connectivity index (χ4n) is 2.66. The number of ether oxygens (including phenoxy) is 1. The molecule has 1 aliphatic carbocycles. The number of nitrogens with two attached hydrogens (primary N) is 1. The van der Waals surface area contributed by atoms with E-state index in [0.717, 1.165) is 24.2 Å². The number of hydrogen-bond donors (Lipinski definition) is 1. The highest BCUT2D eigenvalue weighted by Gasteiger charge is 2.27. The van der Waals surface area contributed by atoms with Crippen molar-refractivity contribution in [1.82, 2.24) is 0 Å². The minimum absolute atomic E-state index is 0.182. The summed E-state index contributed by atoms with van der Waals surface area (Å²) in [5, 5.41) is 8.90. The van der Waals surface area contributed by atoms with Crippen LogP contribution >= 0.6 is 0 Å². The van der Waals surface area contributed by atoms with Crippen LogP contribution in [0.15, 0.2) is 18.2 Å². The van der Waals surface area contributed by atoms with Crippen LogP contribution in [0.3, 0.4) is 0 Å². The van der Waals surface area contributed by atoms with Crippen LogP contribution in [0.5, 0.6) is 5.75 Å². The molecule has 0 atom stereocenters. The molecule has 1 aromatic carbocycles. The smallest absolute Gasteiger partial charge is 0.119 e. The molecule has 0 bridgehead atoms. The Morgan fingerprint density at radius 2 is 1.95 bits per heavy atom. The summed E-state index contributed by atoms with van der Waals surface area (Å²) in [5.74, 6) is 0.811. The minimum Gasteiger partial charge on any atom is -0.492 e. The van der Waals surface area contributed by atoms with Gasteiger partial charge in [0.1, 0.15) is 12.4 Å². The molecule has 2 N–H and O–H groups in total. The zero-order chi connectivity index (χ0) is 13.7. The van der Waals surface area contributed by atoms with Crippen LogP contribution in [-0.4, -0.2) is 12.1 Å². The first-order chi connectivity index (χ1) is 9.13. The van der Waals surface area contributed by atoms with E-state index in [0.29, 0.717) is 12.2 Å². The molecule has 2 rings (SSSR count). The number of benzene rings is 1. The fourth-order valence-corrected chi connectivity index (χ4v) is 2.66. The van der Waals surface area contributed by atoms with Gasteiger partial charge in [0.25, 0.3) is 0 Å². The van der Waals surface area contributed by atoms with Crippen molar-refractivity contribution in [2.75, 3.05) is 6.61 Å². The summed E-state index contributed by atoms with van der Waals surface area (Å²) in [4.78, 5) is 0. The molecule has 1 aliphatic rings. The van der Waals surface area contributed by atoms with Crippen molar-refractivity contribution in [3.05, 3.63) is 29.3 Å². The van der Waals surface area contributed by atoms with Gasteiger partial charge in [-0.2, -0.15) is 5.26 Å². The van der Waals surface area contributed by atoms with Crippen LogP contribution in [0, 0.1) is 18.3 Å². The summed E-state index contributed by atoms with van der Waals surface area (Å²) in [6, 6.07) is 7.74. The van der Waals surface area contributed by atoms with E-state index in [1.165, 1.54) is 25.7 Å². The van der Waals surface area contributed by atoms with E-state index < -0.39 is 0 Å². The second kappa shape index (κ2) is 6.08. The molecule has 3 nitrogen and oxygen atoms in total. The molecule has 19 heavy (non-hydrogen) atoms. The van der Waals surface area contributed by atoms with Gasteiger partial charge in [0.2, 0.25) is 0 Å². The first kappa shape index (κ1) is 13.9. The topological polar surface area (TPSA) is 59.0 Å². The van der Waals surface area contributed by atoms with Crippen LogP contribution in [0.25, 0.3) is 0 Å². The number of aryl methyl sites for hydroxylation is 1. The van der Waals surface area contributed by atoms with Gasteiger partial charge in [-0.25, -0.2) is 0 Å². The van der Waals surface area contributed by atoms with E-state index in [-0.39, 0.29) is 5.54 Å². The first-order valence-corrected chi connectivity index (χ1v) is 7.05. The molecule has 0 aromatic heterocycles. The van der Waals surface area contributed by atoms with Crippen molar-refractivity contribution in [1.29, 1.82) is 5.26 Å². The third-order valence-electron chi connectivity index (χ3n) is 3.94. The standard InChI is InChI=1S/C16H22N2O/c1-13-10-15(7-6-14(13)11-17)19-12-16(18)8-4-2-3-5-9-16/h6-7,10H,2-5,8-9,12,18H2,1H3. The highest BCUT2D eigenvalue weighted by Crippen LogP contribution is 2.26. The van der Waals surface area contributed by atoms with E-state index in [1.807, 2.05) is 19.1 Å². The molecule has 1 saturated carbocycles. The van der Waals surface area contributed by atoms with Gasteiger partial charge in [-0.15, -0.1) is 0 Å². The molecule has 0 unspecified atom stereocenters. The molecular weight excluding hydrogens is 236 g/mol. The van der Waals surface area contributed by atoms with Crippen LogP contribution in [0.1, 0.15) is 49.7 Å². The Morgan fingerprint density at radius 3 is 2.53 bits per heavy atom. The van der Waals surface area contributed by atoms with E-state index in [2.05, 4.69) is 6.07 Å². The fraction of sp³-hybridized carbons (Fsp3) is 0.562. The summed E-state index contributed by atoms with van der Waals surface area (Å²) in [6.07, 6.45) is 7.06. The average molecular weight is 258 g/mol. The summed E-state index contributed by atoms with van der Waals surface area (Å²) >= 11 is 0. The molecule has 0 radical (unpaired) electrons. The zero-order valence-electron chi connectivity index (χ0n) is 11.6. The lowest BCUT2D eigenvalue weighted by atomic mass is 9.92. The Bertz CT molecular complexity index is 468. The third-order valence-corrected chi connectivity index (χ3v) is 3.94. The molecule has 0 spiro atoms. The van der Waals surface area contributed by atoms with Crippen LogP contribution < -0.4 is 10.5 Å². The molecule has 0 heterocycles. The van der Waals surface area contributed by atoms with Gasteiger partial charge in [0.05, 0.1) is 17.2 Å². The molecule has 102 valence electrons. The Labute approximate surface area is 115 Å². The Balaban J connectivity index is 1.98. The summed E-state index contributed by atoms with van der Waals surface area (Å²) < 4.78 is 5.85. The van der Waals surface area contributed by atoms with Gasteiger partial charge >= 0.3 is 0 Å². The SMILES string of the molecule is Cc1cc(OCC2(N)CCCCCC2)ccc1C#N. The van der Waals surface area contributed by atoms with Crippen molar-refractivity contribution in [2.45, 2.75) is 51.0 Å². The van der Waals surface area contributed by atoms with Gasteiger partial charge in [-0.1, -0.05) is 25.7 Å². The first-order valence-electron chi connectivity index (χ1n) is 7.05. The number of hydrogen-bond acceptors (Lipinski definition) is 3. The van der Waals surface area contributed by atoms with Gasteiger partial charge in [-0.05, 0) is 43.5 Å². The minimum atomic E-state index is -0.182. The van der Waals surface area contributed by atoms with Crippen molar-refractivity contribution < 1.29 is 4.74 Å². The van der Waals surface area contributed by atoms with E-state index in [9.17, 15) is 0 Å². The maximum Gasteiger partial charge on any atom is 0.119 e.